The minimum absolute atomic E-state index is 0.0761. The summed E-state index contributed by atoms with van der Waals surface area (Å²) in [4.78, 5) is 30.5. The molecule has 2 aliphatic carbocycles. The molecule has 0 N–H and O–H groups in total. The second-order valence-electron chi connectivity index (χ2n) is 14.5. The molecular formula is C39H60F2N4O. The number of hydrogen-bond acceptors (Lipinski definition) is 5. The van der Waals surface area contributed by atoms with Crippen LogP contribution in [-0.2, 0) is 30.5 Å². The van der Waals surface area contributed by atoms with E-state index < -0.39 is 12.3 Å². The third kappa shape index (κ3) is 12.7. The van der Waals surface area contributed by atoms with Gasteiger partial charge in [0.2, 0.25) is 0 Å². The molecular weight excluding hydrogens is 578 g/mol. The summed E-state index contributed by atoms with van der Waals surface area (Å²) in [7, 11) is 0. The van der Waals surface area contributed by atoms with Crippen molar-refractivity contribution in [2.75, 3.05) is 0 Å². The van der Waals surface area contributed by atoms with E-state index in [4.69, 9.17) is 0 Å². The van der Waals surface area contributed by atoms with Gasteiger partial charge in [-0.1, -0.05) is 65.2 Å². The molecule has 2 aromatic heterocycles. The molecule has 46 heavy (non-hydrogen) atoms. The van der Waals surface area contributed by atoms with Gasteiger partial charge in [-0.2, -0.15) is 0 Å². The maximum absolute atomic E-state index is 15.1. The molecule has 2 unspecified atom stereocenters. The van der Waals surface area contributed by atoms with E-state index in [-0.39, 0.29) is 11.8 Å². The lowest BCUT2D eigenvalue weighted by Crippen LogP contribution is -2.26. The number of Topliss-reactive ketones (excluding diaryl/α,β-unsaturated/α-hetero) is 1. The second kappa shape index (κ2) is 20.1. The fourth-order valence-electron chi connectivity index (χ4n) is 7.60. The van der Waals surface area contributed by atoms with Crippen molar-refractivity contribution < 1.29 is 13.6 Å². The molecule has 7 heteroatoms. The molecule has 2 saturated carbocycles. The van der Waals surface area contributed by atoms with E-state index in [2.05, 4.69) is 33.8 Å². The molecule has 0 spiro atoms. The third-order valence-corrected chi connectivity index (χ3v) is 10.9. The highest BCUT2D eigenvalue weighted by Crippen LogP contribution is 2.37. The molecule has 2 aromatic rings. The maximum atomic E-state index is 15.1. The molecule has 2 aliphatic rings. The van der Waals surface area contributed by atoms with Crippen LogP contribution in [0.2, 0.25) is 0 Å². The van der Waals surface area contributed by atoms with Crippen LogP contribution in [0, 0.1) is 23.7 Å². The lowest BCUT2D eigenvalue weighted by Gasteiger charge is -2.31. The van der Waals surface area contributed by atoms with Gasteiger partial charge in [0.15, 0.2) is 0 Å². The quantitative estimate of drug-likeness (QED) is 0.135. The number of hydrogen-bond donors (Lipinski definition) is 0. The molecule has 4 rings (SSSR count). The van der Waals surface area contributed by atoms with Gasteiger partial charge in [-0.15, -0.1) is 0 Å². The van der Waals surface area contributed by atoms with Crippen molar-refractivity contribution in [3.63, 3.8) is 0 Å². The van der Waals surface area contributed by atoms with Gasteiger partial charge in [0, 0.05) is 50.5 Å². The third-order valence-electron chi connectivity index (χ3n) is 10.9. The minimum Gasteiger partial charge on any atom is -0.300 e. The number of alkyl halides is 2. The number of halogens is 2. The SMILES string of the molecule is CCCCCc1cnc(CC(F)C2CCC(CCC(=O)CC[C@H]3CC[C@H](C(F)Cc4ncc(CCCCC)cn4)CC3)CC2)nc1. The number of carbonyl (C=O) groups excluding carboxylic acids is 1. The molecule has 0 radical (unpaired) electrons. The Balaban J connectivity index is 1.04. The average molecular weight is 639 g/mol. The highest BCUT2D eigenvalue weighted by molar-refractivity contribution is 5.78. The van der Waals surface area contributed by atoms with Crippen molar-refractivity contribution in [2.24, 2.45) is 23.7 Å². The van der Waals surface area contributed by atoms with Crippen molar-refractivity contribution in [3.05, 3.63) is 47.6 Å². The Bertz CT molecular complexity index is 1020. The summed E-state index contributed by atoms with van der Waals surface area (Å²) >= 11 is 0. The normalized spacial score (nSPS) is 23.2. The Morgan fingerprint density at radius 1 is 0.630 bits per heavy atom. The Hall–Kier alpha value is -2.31. The lowest BCUT2D eigenvalue weighted by atomic mass is 9.76. The first-order valence-corrected chi connectivity index (χ1v) is 18.8. The number of aromatic nitrogens is 4. The fraction of sp³-hybridized carbons (Fsp3) is 0.769. The number of aryl methyl sites for hydroxylation is 2. The van der Waals surface area contributed by atoms with Crippen LogP contribution in [0.1, 0.15) is 152 Å². The highest BCUT2D eigenvalue weighted by atomic mass is 19.1. The Morgan fingerprint density at radius 2 is 1.00 bits per heavy atom. The van der Waals surface area contributed by atoms with E-state index in [0.717, 1.165) is 101 Å². The van der Waals surface area contributed by atoms with Crippen LogP contribution >= 0.6 is 0 Å². The van der Waals surface area contributed by atoms with Crippen molar-refractivity contribution in [1.82, 2.24) is 19.9 Å². The van der Waals surface area contributed by atoms with E-state index in [1.165, 1.54) is 25.7 Å². The molecule has 5 nitrogen and oxygen atoms in total. The Labute approximate surface area is 277 Å². The predicted molar refractivity (Wildman–Crippen MR) is 182 cm³/mol. The van der Waals surface area contributed by atoms with Crippen LogP contribution in [-0.4, -0.2) is 38.1 Å². The molecule has 0 aliphatic heterocycles. The summed E-state index contributed by atoms with van der Waals surface area (Å²) in [5, 5.41) is 0. The van der Waals surface area contributed by atoms with Crippen molar-refractivity contribution >= 4 is 5.78 Å². The number of unbranched alkanes of at least 4 members (excludes halogenated alkanes) is 4. The monoisotopic (exact) mass is 638 g/mol. The maximum Gasteiger partial charge on any atom is 0.132 e. The number of nitrogens with zero attached hydrogens (tertiary/aromatic N) is 4. The summed E-state index contributed by atoms with van der Waals surface area (Å²) in [6, 6.07) is 0. The van der Waals surface area contributed by atoms with Crippen molar-refractivity contribution in [1.29, 1.82) is 0 Å². The Morgan fingerprint density at radius 3 is 1.35 bits per heavy atom. The van der Waals surface area contributed by atoms with Gasteiger partial charge >= 0.3 is 0 Å². The molecule has 0 saturated heterocycles. The average Bonchev–Trinajstić information content (AvgIpc) is 3.08. The van der Waals surface area contributed by atoms with Crippen LogP contribution in [0.25, 0.3) is 0 Å². The molecule has 2 heterocycles. The molecule has 0 amide bonds. The van der Waals surface area contributed by atoms with Gasteiger partial charge < -0.3 is 0 Å². The van der Waals surface area contributed by atoms with Gasteiger partial charge in [0.1, 0.15) is 29.8 Å². The summed E-state index contributed by atoms with van der Waals surface area (Å²) < 4.78 is 30.2. The summed E-state index contributed by atoms with van der Waals surface area (Å²) in [5.41, 5.74) is 2.28. The number of carbonyl (C=O) groups is 1. The molecule has 0 aromatic carbocycles. The first kappa shape index (κ1) is 36.5. The van der Waals surface area contributed by atoms with E-state index >= 15 is 8.78 Å². The van der Waals surface area contributed by atoms with Crippen LogP contribution < -0.4 is 0 Å². The second-order valence-corrected chi connectivity index (χ2v) is 14.5. The summed E-state index contributed by atoms with van der Waals surface area (Å²) in [5.74, 6) is 2.81. The zero-order valence-corrected chi connectivity index (χ0v) is 28.8. The first-order valence-electron chi connectivity index (χ1n) is 18.8. The smallest absolute Gasteiger partial charge is 0.132 e. The van der Waals surface area contributed by atoms with Gasteiger partial charge in [-0.3, -0.25) is 4.79 Å². The van der Waals surface area contributed by atoms with Crippen molar-refractivity contribution in [2.45, 2.75) is 167 Å². The number of rotatable bonds is 20. The standard InChI is InChI=1S/C39H60F2N4O/c1-3-5-7-9-31-25-42-38(43-26-31)23-36(40)33-17-11-29(12-18-33)15-21-35(46)22-16-30-13-19-34(20-14-30)37(41)24-39-44-27-32(28-45-39)10-8-6-4-2/h25-30,33-34,36-37H,3-24H2,1-2H3/t29-,30?,33-,34?,36?,37?. The van der Waals surface area contributed by atoms with Gasteiger partial charge in [-0.05, 0) is 99.0 Å². The van der Waals surface area contributed by atoms with E-state index in [0.29, 0.717) is 55.0 Å². The van der Waals surface area contributed by atoms with Crippen LogP contribution in [0.5, 0.6) is 0 Å². The summed E-state index contributed by atoms with van der Waals surface area (Å²) in [6.07, 6.45) is 26.2. The first-order chi connectivity index (χ1) is 22.4. The van der Waals surface area contributed by atoms with Crippen LogP contribution in [0.3, 0.4) is 0 Å². The molecule has 256 valence electrons. The largest absolute Gasteiger partial charge is 0.300 e. The van der Waals surface area contributed by atoms with Crippen LogP contribution in [0.4, 0.5) is 8.78 Å². The molecule has 2 atom stereocenters. The lowest BCUT2D eigenvalue weighted by molar-refractivity contribution is -0.119. The van der Waals surface area contributed by atoms with Gasteiger partial charge in [-0.25, -0.2) is 28.7 Å². The zero-order chi connectivity index (χ0) is 32.6. The topological polar surface area (TPSA) is 68.6 Å². The van der Waals surface area contributed by atoms with E-state index in [9.17, 15) is 4.79 Å². The summed E-state index contributed by atoms with van der Waals surface area (Å²) in [6.45, 7) is 4.39. The van der Waals surface area contributed by atoms with Gasteiger partial charge in [0.05, 0.1) is 0 Å². The molecule has 0 bridgehead atoms. The fourth-order valence-corrected chi connectivity index (χ4v) is 7.60. The van der Waals surface area contributed by atoms with Gasteiger partial charge in [0.25, 0.3) is 0 Å². The van der Waals surface area contributed by atoms with E-state index in [1.54, 1.807) is 0 Å². The molecule has 2 fully saturated rings. The predicted octanol–water partition coefficient (Wildman–Crippen LogP) is 9.94. The van der Waals surface area contributed by atoms with E-state index in [1.807, 2.05) is 24.8 Å². The zero-order valence-electron chi connectivity index (χ0n) is 28.8. The number of ketones is 1. The van der Waals surface area contributed by atoms with Crippen molar-refractivity contribution in [3.8, 4) is 0 Å². The van der Waals surface area contributed by atoms with Crippen LogP contribution in [0.15, 0.2) is 24.8 Å². The highest BCUT2D eigenvalue weighted by Gasteiger charge is 2.30. The minimum atomic E-state index is -0.892. The Kier molecular flexibility index (Phi) is 16.0.